The van der Waals surface area contributed by atoms with Crippen LogP contribution in [0.15, 0.2) is 6.20 Å². The zero-order valence-electron chi connectivity index (χ0n) is 11.7. The Morgan fingerprint density at radius 3 is 2.85 bits per heavy atom. The monoisotopic (exact) mass is 275 g/mol. The number of amides is 1. The minimum absolute atomic E-state index is 0.0384. The molecule has 0 bridgehead atoms. The minimum Gasteiger partial charge on any atom is -0.363 e. The fourth-order valence-electron chi connectivity index (χ4n) is 3.66. The Morgan fingerprint density at radius 1 is 1.30 bits per heavy atom. The van der Waals surface area contributed by atoms with Crippen molar-refractivity contribution in [3.05, 3.63) is 17.5 Å². The van der Waals surface area contributed by atoms with Gasteiger partial charge in [0.2, 0.25) is 0 Å². The Bertz CT molecular complexity index is 515. The van der Waals surface area contributed by atoms with Crippen molar-refractivity contribution in [2.24, 2.45) is 0 Å². The lowest BCUT2D eigenvalue weighted by Crippen LogP contribution is -2.34. The molecule has 1 aliphatic heterocycles. The molecule has 0 radical (unpaired) electrons. The van der Waals surface area contributed by atoms with Gasteiger partial charge in [0.05, 0.1) is 24.9 Å². The second-order valence-electron chi connectivity index (χ2n) is 6.20. The van der Waals surface area contributed by atoms with Crippen LogP contribution in [0.4, 0.5) is 0 Å². The Morgan fingerprint density at radius 2 is 2.10 bits per heavy atom. The number of nitrogens with zero attached hydrogens (tertiary/aromatic N) is 2. The van der Waals surface area contributed by atoms with E-state index < -0.39 is 0 Å². The molecular formula is C15H21N3O2. The summed E-state index contributed by atoms with van der Waals surface area (Å²) < 4.78 is 7.30. The van der Waals surface area contributed by atoms with Crippen molar-refractivity contribution in [1.29, 1.82) is 0 Å². The third-order valence-corrected chi connectivity index (χ3v) is 4.83. The molecule has 20 heavy (non-hydrogen) atoms. The number of aromatic nitrogens is 2. The number of nitrogens with one attached hydrogen (secondary N) is 1. The lowest BCUT2D eigenvalue weighted by atomic mass is 9.92. The fourth-order valence-corrected chi connectivity index (χ4v) is 3.66. The molecule has 2 heterocycles. The number of carbonyl (C=O) groups excluding carboxylic acids is 1. The van der Waals surface area contributed by atoms with Crippen molar-refractivity contribution in [1.82, 2.24) is 15.1 Å². The number of epoxide rings is 1. The van der Waals surface area contributed by atoms with Crippen LogP contribution in [0.25, 0.3) is 0 Å². The van der Waals surface area contributed by atoms with Crippen LogP contribution in [0.5, 0.6) is 0 Å². The molecule has 1 N–H and O–H groups in total. The van der Waals surface area contributed by atoms with Crippen LogP contribution in [0, 0.1) is 0 Å². The highest BCUT2D eigenvalue weighted by Gasteiger charge is 2.35. The van der Waals surface area contributed by atoms with Gasteiger partial charge in [0.25, 0.3) is 5.91 Å². The topological polar surface area (TPSA) is 59.5 Å². The van der Waals surface area contributed by atoms with E-state index in [1.807, 2.05) is 6.20 Å². The molecule has 1 amide bonds. The van der Waals surface area contributed by atoms with Crippen molar-refractivity contribution < 1.29 is 9.53 Å². The highest BCUT2D eigenvalue weighted by atomic mass is 16.6. The fraction of sp³-hybridized carbons (Fsp3) is 0.733. The Hall–Kier alpha value is -1.36. The Kier molecular flexibility index (Phi) is 3.02. The van der Waals surface area contributed by atoms with Gasteiger partial charge in [0.15, 0.2) is 6.10 Å². The number of ether oxygens (including phenoxy) is 1. The number of rotatable bonds is 3. The maximum atomic E-state index is 11.9. The summed E-state index contributed by atoms with van der Waals surface area (Å²) in [5, 5.41) is 7.76. The SMILES string of the molecule is O=C(NC1CCCc2c1cnn2C1CCCC1)C1CO1. The molecule has 0 aromatic carbocycles. The summed E-state index contributed by atoms with van der Waals surface area (Å²) in [5.74, 6) is 0.0384. The molecule has 2 aliphatic carbocycles. The first-order valence-electron chi connectivity index (χ1n) is 7.81. The third-order valence-electron chi connectivity index (χ3n) is 4.83. The van der Waals surface area contributed by atoms with E-state index in [1.54, 1.807) is 0 Å². The maximum Gasteiger partial charge on any atom is 0.252 e. The van der Waals surface area contributed by atoms with E-state index in [2.05, 4.69) is 15.1 Å². The molecule has 1 saturated heterocycles. The van der Waals surface area contributed by atoms with Gasteiger partial charge in [-0.3, -0.25) is 9.48 Å². The first-order chi connectivity index (χ1) is 9.83. The lowest BCUT2D eigenvalue weighted by Gasteiger charge is -2.25. The largest absolute Gasteiger partial charge is 0.363 e. The van der Waals surface area contributed by atoms with Gasteiger partial charge < -0.3 is 10.1 Å². The van der Waals surface area contributed by atoms with Crippen molar-refractivity contribution in [2.45, 2.75) is 63.1 Å². The first kappa shape index (κ1) is 12.4. The van der Waals surface area contributed by atoms with Crippen LogP contribution < -0.4 is 5.32 Å². The summed E-state index contributed by atoms with van der Waals surface area (Å²) >= 11 is 0. The van der Waals surface area contributed by atoms with E-state index in [-0.39, 0.29) is 18.1 Å². The standard InChI is InChI=1S/C15H21N3O2/c19-15(14-9-20-14)17-12-6-3-7-13-11(12)8-16-18(13)10-4-1-2-5-10/h8,10,12,14H,1-7,9H2,(H,17,19). The highest BCUT2D eigenvalue weighted by Crippen LogP contribution is 2.36. The predicted molar refractivity (Wildman–Crippen MR) is 73.3 cm³/mol. The first-order valence-corrected chi connectivity index (χ1v) is 7.81. The van der Waals surface area contributed by atoms with E-state index >= 15 is 0 Å². The summed E-state index contributed by atoms with van der Waals surface area (Å²) in [6.07, 6.45) is 10.2. The van der Waals surface area contributed by atoms with Gasteiger partial charge in [-0.2, -0.15) is 5.10 Å². The van der Waals surface area contributed by atoms with Crippen molar-refractivity contribution in [2.75, 3.05) is 6.61 Å². The third kappa shape index (κ3) is 2.14. The van der Waals surface area contributed by atoms with E-state index in [0.29, 0.717) is 12.6 Å². The van der Waals surface area contributed by atoms with Gasteiger partial charge in [-0.05, 0) is 32.1 Å². The molecule has 5 nitrogen and oxygen atoms in total. The van der Waals surface area contributed by atoms with E-state index in [9.17, 15) is 4.79 Å². The number of hydrogen-bond acceptors (Lipinski definition) is 3. The number of hydrogen-bond donors (Lipinski definition) is 1. The van der Waals surface area contributed by atoms with Gasteiger partial charge in [-0.25, -0.2) is 0 Å². The minimum atomic E-state index is -0.203. The number of fused-ring (bicyclic) bond motifs is 1. The van der Waals surface area contributed by atoms with E-state index in [0.717, 1.165) is 19.3 Å². The quantitative estimate of drug-likeness (QED) is 0.857. The molecule has 0 spiro atoms. The molecule has 1 saturated carbocycles. The molecule has 4 rings (SSSR count). The molecule has 1 aromatic heterocycles. The summed E-state index contributed by atoms with van der Waals surface area (Å²) in [5.41, 5.74) is 2.59. The molecule has 5 heteroatoms. The van der Waals surface area contributed by atoms with Crippen molar-refractivity contribution in [3.63, 3.8) is 0 Å². The van der Waals surface area contributed by atoms with Crippen LogP contribution in [0.2, 0.25) is 0 Å². The van der Waals surface area contributed by atoms with Crippen molar-refractivity contribution in [3.8, 4) is 0 Å². The summed E-state index contributed by atoms with van der Waals surface area (Å²) in [6, 6.07) is 0.713. The van der Waals surface area contributed by atoms with Gasteiger partial charge in [0.1, 0.15) is 0 Å². The number of carbonyl (C=O) groups is 1. The van der Waals surface area contributed by atoms with Gasteiger partial charge in [0, 0.05) is 11.3 Å². The molecular weight excluding hydrogens is 254 g/mol. The summed E-state index contributed by atoms with van der Waals surface area (Å²) in [7, 11) is 0. The smallest absolute Gasteiger partial charge is 0.252 e. The second kappa shape index (κ2) is 4.88. The molecule has 2 fully saturated rings. The molecule has 3 aliphatic rings. The molecule has 1 aromatic rings. The molecule has 108 valence electrons. The van der Waals surface area contributed by atoms with E-state index in [4.69, 9.17) is 4.74 Å². The summed E-state index contributed by atoms with van der Waals surface area (Å²) in [4.78, 5) is 11.9. The Balaban J connectivity index is 1.56. The van der Waals surface area contributed by atoms with Crippen molar-refractivity contribution >= 4 is 5.91 Å². The second-order valence-corrected chi connectivity index (χ2v) is 6.20. The van der Waals surface area contributed by atoms with Gasteiger partial charge in [-0.15, -0.1) is 0 Å². The zero-order chi connectivity index (χ0) is 13.5. The highest BCUT2D eigenvalue weighted by molar-refractivity contribution is 5.83. The maximum absolute atomic E-state index is 11.9. The normalized spacial score (nSPS) is 29.2. The van der Waals surface area contributed by atoms with Crippen LogP contribution in [-0.2, 0) is 16.0 Å². The van der Waals surface area contributed by atoms with Gasteiger partial charge >= 0.3 is 0 Å². The van der Waals surface area contributed by atoms with Crippen LogP contribution in [0.3, 0.4) is 0 Å². The predicted octanol–water partition coefficient (Wildman–Crippen LogP) is 1.89. The van der Waals surface area contributed by atoms with Crippen LogP contribution in [-0.4, -0.2) is 28.4 Å². The average Bonchev–Trinajstić information content (AvgIpc) is 2.99. The van der Waals surface area contributed by atoms with Crippen LogP contribution in [0.1, 0.15) is 61.9 Å². The van der Waals surface area contributed by atoms with Crippen LogP contribution >= 0.6 is 0 Å². The Labute approximate surface area is 118 Å². The lowest BCUT2D eigenvalue weighted by molar-refractivity contribution is -0.123. The molecule has 2 unspecified atom stereocenters. The zero-order valence-corrected chi connectivity index (χ0v) is 11.7. The van der Waals surface area contributed by atoms with E-state index in [1.165, 1.54) is 36.9 Å². The summed E-state index contributed by atoms with van der Waals surface area (Å²) in [6.45, 7) is 0.576. The van der Waals surface area contributed by atoms with Gasteiger partial charge in [-0.1, -0.05) is 12.8 Å². The average molecular weight is 275 g/mol. The molecule has 2 atom stereocenters.